The third-order valence-electron chi connectivity index (χ3n) is 4.83. The zero-order valence-electron chi connectivity index (χ0n) is 15.0. The van der Waals surface area contributed by atoms with Gasteiger partial charge in [0.15, 0.2) is 10.4 Å². The number of benzene rings is 1. The average Bonchev–Trinajstić information content (AvgIpc) is 2.93. The number of nitrogens with zero attached hydrogens (tertiary/aromatic N) is 1. The van der Waals surface area contributed by atoms with E-state index in [9.17, 15) is 4.79 Å². The Kier molecular flexibility index (Phi) is 6.74. The van der Waals surface area contributed by atoms with Crippen molar-refractivity contribution < 1.29 is 13.9 Å². The molecule has 1 atom stereocenters. The Morgan fingerprint density at radius 1 is 1.15 bits per heavy atom. The maximum Gasteiger partial charge on any atom is 0.287 e. The topological polar surface area (TPSA) is 54.7 Å². The minimum Gasteiger partial charge on any atom is -0.497 e. The molecule has 2 heterocycles. The van der Waals surface area contributed by atoms with Gasteiger partial charge in [-0.2, -0.15) is 0 Å². The van der Waals surface area contributed by atoms with Crippen LogP contribution in [0, 0.1) is 0 Å². The molecule has 1 N–H and O–H groups in total. The fourth-order valence-electron chi connectivity index (χ4n) is 3.40. The third-order valence-corrected chi connectivity index (χ3v) is 5.26. The first-order valence-corrected chi connectivity index (χ1v) is 9.88. The summed E-state index contributed by atoms with van der Waals surface area (Å²) in [6, 6.07) is 11.7. The molecule has 1 fully saturated rings. The van der Waals surface area contributed by atoms with Crippen LogP contribution >= 0.6 is 15.9 Å². The molecule has 6 heteroatoms. The van der Waals surface area contributed by atoms with Gasteiger partial charge in [0.05, 0.1) is 13.2 Å². The largest absolute Gasteiger partial charge is 0.497 e. The van der Waals surface area contributed by atoms with Crippen molar-refractivity contribution in [2.45, 2.75) is 31.7 Å². The fourth-order valence-corrected chi connectivity index (χ4v) is 3.71. The van der Waals surface area contributed by atoms with E-state index < -0.39 is 0 Å². The molecule has 0 spiro atoms. The second kappa shape index (κ2) is 9.24. The molecule has 1 saturated heterocycles. The number of furan rings is 1. The number of ether oxygens (including phenoxy) is 1. The number of halogens is 1. The van der Waals surface area contributed by atoms with E-state index >= 15 is 0 Å². The third kappa shape index (κ3) is 4.89. The van der Waals surface area contributed by atoms with Crippen LogP contribution < -0.4 is 10.1 Å². The Balaban J connectivity index is 1.74. The summed E-state index contributed by atoms with van der Waals surface area (Å²) in [5.41, 5.74) is 1.19. The Morgan fingerprint density at radius 2 is 1.85 bits per heavy atom. The van der Waals surface area contributed by atoms with Crippen LogP contribution in [0.15, 0.2) is 45.5 Å². The van der Waals surface area contributed by atoms with E-state index in [0.717, 1.165) is 18.8 Å². The van der Waals surface area contributed by atoms with Crippen molar-refractivity contribution in [3.63, 3.8) is 0 Å². The number of hydrogen-bond donors (Lipinski definition) is 1. The van der Waals surface area contributed by atoms with Gasteiger partial charge >= 0.3 is 0 Å². The molecular formula is C20H25BrN2O3. The van der Waals surface area contributed by atoms with Gasteiger partial charge in [0.2, 0.25) is 0 Å². The average molecular weight is 421 g/mol. The molecule has 0 unspecified atom stereocenters. The van der Waals surface area contributed by atoms with E-state index in [1.165, 1.54) is 31.2 Å². The standard InChI is InChI=1S/C20H25BrN2O3/c1-25-16-8-6-15(7-9-16)17(23-12-4-2-3-5-13-23)14-22-20(24)18-10-11-19(21)26-18/h6-11,17H,2-5,12-14H2,1H3,(H,22,24)/t17-/m1/s1. The summed E-state index contributed by atoms with van der Waals surface area (Å²) in [4.78, 5) is 14.9. The summed E-state index contributed by atoms with van der Waals surface area (Å²) < 4.78 is 11.2. The van der Waals surface area contributed by atoms with Crippen LogP contribution in [-0.4, -0.2) is 37.6 Å². The second-order valence-electron chi connectivity index (χ2n) is 6.55. The Labute approximate surface area is 162 Å². The Bertz CT molecular complexity index is 706. The van der Waals surface area contributed by atoms with Crippen molar-refractivity contribution >= 4 is 21.8 Å². The molecule has 1 aromatic heterocycles. The SMILES string of the molecule is COc1ccc([C@@H](CNC(=O)c2ccc(Br)o2)N2CCCCCC2)cc1. The van der Waals surface area contributed by atoms with Gasteiger partial charge < -0.3 is 14.5 Å². The summed E-state index contributed by atoms with van der Waals surface area (Å²) >= 11 is 3.24. The highest BCUT2D eigenvalue weighted by Gasteiger charge is 2.23. The highest BCUT2D eigenvalue weighted by Crippen LogP contribution is 2.26. The maximum atomic E-state index is 12.4. The first-order chi connectivity index (χ1) is 12.7. The molecule has 1 aliphatic heterocycles. The summed E-state index contributed by atoms with van der Waals surface area (Å²) in [7, 11) is 1.67. The van der Waals surface area contributed by atoms with Gasteiger partial charge in [-0.15, -0.1) is 0 Å². The smallest absolute Gasteiger partial charge is 0.287 e. The molecule has 3 rings (SSSR count). The molecule has 1 aromatic carbocycles. The molecule has 0 bridgehead atoms. The van der Waals surface area contributed by atoms with Crippen LogP contribution in [0.5, 0.6) is 5.75 Å². The minimum atomic E-state index is -0.191. The van der Waals surface area contributed by atoms with Crippen LogP contribution in [0.2, 0.25) is 0 Å². The van der Waals surface area contributed by atoms with Gasteiger partial charge in [0.25, 0.3) is 5.91 Å². The minimum absolute atomic E-state index is 0.140. The van der Waals surface area contributed by atoms with E-state index in [-0.39, 0.29) is 11.9 Å². The normalized spacial score (nSPS) is 16.7. The monoisotopic (exact) mass is 420 g/mol. The quantitative estimate of drug-likeness (QED) is 0.752. The van der Waals surface area contributed by atoms with Crippen molar-refractivity contribution in [1.29, 1.82) is 0 Å². The zero-order valence-corrected chi connectivity index (χ0v) is 16.6. The van der Waals surface area contributed by atoms with Gasteiger partial charge in [-0.25, -0.2) is 0 Å². The van der Waals surface area contributed by atoms with E-state index in [4.69, 9.17) is 9.15 Å². The number of rotatable bonds is 6. The number of methoxy groups -OCH3 is 1. The summed E-state index contributed by atoms with van der Waals surface area (Å²) in [5.74, 6) is 0.970. The Morgan fingerprint density at radius 3 is 2.42 bits per heavy atom. The van der Waals surface area contributed by atoms with Crippen molar-refractivity contribution in [3.8, 4) is 5.75 Å². The van der Waals surface area contributed by atoms with E-state index in [0.29, 0.717) is 17.0 Å². The van der Waals surface area contributed by atoms with Gasteiger partial charge in [-0.1, -0.05) is 25.0 Å². The van der Waals surface area contributed by atoms with E-state index in [1.807, 2.05) is 12.1 Å². The van der Waals surface area contributed by atoms with Crippen molar-refractivity contribution in [2.24, 2.45) is 0 Å². The molecule has 26 heavy (non-hydrogen) atoms. The number of likely N-dealkylation sites (tertiary alicyclic amines) is 1. The first-order valence-electron chi connectivity index (χ1n) is 9.09. The Hall–Kier alpha value is -1.79. The first kappa shape index (κ1) is 19.0. The van der Waals surface area contributed by atoms with Crippen LogP contribution in [0.4, 0.5) is 0 Å². The summed E-state index contributed by atoms with van der Waals surface area (Å²) in [5, 5.41) is 3.03. The number of carbonyl (C=O) groups is 1. The highest BCUT2D eigenvalue weighted by atomic mass is 79.9. The van der Waals surface area contributed by atoms with E-state index in [1.54, 1.807) is 19.2 Å². The van der Waals surface area contributed by atoms with Crippen molar-refractivity contribution in [2.75, 3.05) is 26.7 Å². The van der Waals surface area contributed by atoms with Crippen LogP contribution in [0.1, 0.15) is 47.8 Å². The van der Waals surface area contributed by atoms with Crippen molar-refractivity contribution in [1.82, 2.24) is 10.2 Å². The molecule has 0 saturated carbocycles. The predicted octanol–water partition coefficient (Wildman–Crippen LogP) is 4.40. The lowest BCUT2D eigenvalue weighted by Gasteiger charge is -2.31. The number of nitrogens with one attached hydrogen (secondary N) is 1. The lowest BCUT2D eigenvalue weighted by atomic mass is 10.0. The number of amides is 1. The maximum absolute atomic E-state index is 12.4. The molecule has 0 radical (unpaired) electrons. The van der Waals surface area contributed by atoms with Crippen LogP contribution in [0.25, 0.3) is 0 Å². The predicted molar refractivity (Wildman–Crippen MR) is 105 cm³/mol. The molecule has 140 valence electrons. The molecular weight excluding hydrogens is 396 g/mol. The second-order valence-corrected chi connectivity index (χ2v) is 7.33. The molecule has 1 aliphatic rings. The molecule has 0 aliphatic carbocycles. The molecule has 5 nitrogen and oxygen atoms in total. The van der Waals surface area contributed by atoms with Gasteiger partial charge in [-0.05, 0) is 71.7 Å². The molecule has 1 amide bonds. The number of hydrogen-bond acceptors (Lipinski definition) is 4. The van der Waals surface area contributed by atoms with Crippen LogP contribution in [0.3, 0.4) is 0 Å². The highest BCUT2D eigenvalue weighted by molar-refractivity contribution is 9.10. The zero-order chi connectivity index (χ0) is 18.4. The lowest BCUT2D eigenvalue weighted by Crippen LogP contribution is -2.38. The van der Waals surface area contributed by atoms with Crippen LogP contribution in [-0.2, 0) is 0 Å². The van der Waals surface area contributed by atoms with Gasteiger partial charge in [-0.3, -0.25) is 9.69 Å². The summed E-state index contributed by atoms with van der Waals surface area (Å²) in [6.07, 6.45) is 4.95. The summed E-state index contributed by atoms with van der Waals surface area (Å²) in [6.45, 7) is 2.65. The number of carbonyl (C=O) groups excluding carboxylic acids is 1. The van der Waals surface area contributed by atoms with E-state index in [2.05, 4.69) is 38.3 Å². The van der Waals surface area contributed by atoms with Gasteiger partial charge in [0.1, 0.15) is 5.75 Å². The van der Waals surface area contributed by atoms with Gasteiger partial charge in [0, 0.05) is 6.54 Å². The lowest BCUT2D eigenvalue weighted by molar-refractivity contribution is 0.0904. The molecule has 2 aromatic rings. The fraction of sp³-hybridized carbons (Fsp3) is 0.450. The van der Waals surface area contributed by atoms with Crippen molar-refractivity contribution in [3.05, 3.63) is 52.4 Å².